The van der Waals surface area contributed by atoms with Crippen LogP contribution in [0.25, 0.3) is 5.65 Å². The first kappa shape index (κ1) is 18.7. The molecule has 0 atom stereocenters. The number of fused-ring (bicyclic) bond motifs is 1. The normalized spacial score (nSPS) is 15.4. The van der Waals surface area contributed by atoms with Crippen LogP contribution in [0.4, 0.5) is 0 Å². The smallest absolute Gasteiger partial charge is 0.272 e. The Morgan fingerprint density at radius 2 is 2.11 bits per heavy atom. The third-order valence-electron chi connectivity index (χ3n) is 5.42. The van der Waals surface area contributed by atoms with E-state index in [-0.39, 0.29) is 30.0 Å². The van der Waals surface area contributed by atoms with Gasteiger partial charge in [-0.25, -0.2) is 9.50 Å². The van der Waals surface area contributed by atoms with Crippen molar-refractivity contribution in [1.29, 1.82) is 0 Å². The average molecular weight is 400 g/mol. The summed E-state index contributed by atoms with van der Waals surface area (Å²) in [5.41, 5.74) is 2.65. The fourth-order valence-electron chi connectivity index (χ4n) is 3.85. The molecule has 0 spiro atoms. The van der Waals surface area contributed by atoms with Crippen molar-refractivity contribution >= 4 is 23.2 Å². The van der Waals surface area contributed by atoms with Crippen LogP contribution in [-0.4, -0.2) is 34.1 Å². The molecule has 1 amide bonds. The van der Waals surface area contributed by atoms with Gasteiger partial charge in [-0.3, -0.25) is 14.7 Å². The van der Waals surface area contributed by atoms with Crippen LogP contribution in [0.2, 0.25) is 5.02 Å². The minimum Gasteiger partial charge on any atom is -0.349 e. The quantitative estimate of drug-likeness (QED) is 0.591. The van der Waals surface area contributed by atoms with Crippen molar-refractivity contribution in [2.24, 2.45) is 0 Å². The first-order valence-corrected chi connectivity index (χ1v) is 9.70. The lowest BCUT2D eigenvalue weighted by Crippen LogP contribution is -2.36. The van der Waals surface area contributed by atoms with Crippen molar-refractivity contribution in [3.05, 3.63) is 68.7 Å². The second-order valence-corrected chi connectivity index (χ2v) is 7.58. The van der Waals surface area contributed by atoms with Crippen LogP contribution < -0.4 is 16.2 Å². The maximum absolute atomic E-state index is 12.6. The first-order chi connectivity index (χ1) is 13.5. The Balaban J connectivity index is 1.70. The highest BCUT2D eigenvalue weighted by atomic mass is 35.5. The van der Waals surface area contributed by atoms with Gasteiger partial charge in [0.25, 0.3) is 5.56 Å². The Morgan fingerprint density at radius 1 is 1.32 bits per heavy atom. The number of halogens is 1. The molecule has 2 aromatic heterocycles. The summed E-state index contributed by atoms with van der Waals surface area (Å²) in [6.45, 7) is 0.429. The van der Waals surface area contributed by atoms with Crippen molar-refractivity contribution in [2.75, 3.05) is 13.6 Å². The minimum absolute atomic E-state index is 0.147. The number of aromatic amines is 1. The number of carbonyl (C=O) groups is 1. The van der Waals surface area contributed by atoms with E-state index in [1.807, 2.05) is 30.3 Å². The van der Waals surface area contributed by atoms with Crippen LogP contribution in [0.3, 0.4) is 0 Å². The van der Waals surface area contributed by atoms with Gasteiger partial charge in [0.2, 0.25) is 5.91 Å². The highest BCUT2D eigenvalue weighted by Gasteiger charge is 2.43. The minimum atomic E-state index is -0.223. The van der Waals surface area contributed by atoms with Gasteiger partial charge in [0, 0.05) is 28.3 Å². The lowest BCUT2D eigenvalue weighted by molar-refractivity contribution is -0.120. The molecule has 28 heavy (non-hydrogen) atoms. The number of rotatable bonds is 6. The summed E-state index contributed by atoms with van der Waals surface area (Å²) in [7, 11) is 1.70. The summed E-state index contributed by atoms with van der Waals surface area (Å²) in [6, 6.07) is 11.2. The van der Waals surface area contributed by atoms with Gasteiger partial charge in [-0.05, 0) is 31.5 Å². The molecule has 1 saturated carbocycles. The molecule has 1 aliphatic rings. The monoisotopic (exact) mass is 399 g/mol. The standard InChI is InChI=1S/C20H22ClN5O2/c1-22-12-18(27)23-11-13-9-19(28)26-17(24-13)10-16(25-26)20(7-4-8-20)14-5-2-3-6-15(14)21/h2-3,5-6,9-10,22,25H,4,7-8,11-12H2,1H3,(H,23,27). The number of nitrogens with one attached hydrogen (secondary N) is 3. The molecule has 3 aromatic rings. The SMILES string of the molecule is CNCC(=O)NCc1cc(=O)n2[nH]c(C3(c4ccccc4Cl)CCC3)cc2n1. The molecule has 8 heteroatoms. The predicted molar refractivity (Wildman–Crippen MR) is 108 cm³/mol. The van der Waals surface area contributed by atoms with Crippen LogP contribution in [0.1, 0.15) is 36.2 Å². The van der Waals surface area contributed by atoms with Gasteiger partial charge < -0.3 is 10.6 Å². The van der Waals surface area contributed by atoms with Gasteiger partial charge in [0.1, 0.15) is 0 Å². The van der Waals surface area contributed by atoms with Gasteiger partial charge in [0.15, 0.2) is 5.65 Å². The second-order valence-electron chi connectivity index (χ2n) is 7.17. The van der Waals surface area contributed by atoms with E-state index in [4.69, 9.17) is 11.6 Å². The Bertz CT molecular complexity index is 1080. The van der Waals surface area contributed by atoms with E-state index < -0.39 is 0 Å². The van der Waals surface area contributed by atoms with E-state index in [0.717, 1.165) is 35.5 Å². The third-order valence-corrected chi connectivity index (χ3v) is 5.75. The lowest BCUT2D eigenvalue weighted by Gasteiger charge is -2.42. The van der Waals surface area contributed by atoms with Crippen LogP contribution in [0, 0.1) is 0 Å². The van der Waals surface area contributed by atoms with Crippen LogP contribution in [0.5, 0.6) is 0 Å². The third kappa shape index (κ3) is 3.21. The molecule has 0 saturated heterocycles. The zero-order chi connectivity index (χ0) is 19.7. The number of hydrogen-bond donors (Lipinski definition) is 3. The average Bonchev–Trinajstić information content (AvgIpc) is 3.06. The van der Waals surface area contributed by atoms with Crippen molar-refractivity contribution < 1.29 is 4.79 Å². The van der Waals surface area contributed by atoms with Crippen molar-refractivity contribution in [3.8, 4) is 0 Å². The van der Waals surface area contributed by atoms with Crippen molar-refractivity contribution in [3.63, 3.8) is 0 Å². The van der Waals surface area contributed by atoms with E-state index >= 15 is 0 Å². The molecular formula is C20H22ClN5O2. The fraction of sp³-hybridized carbons (Fsp3) is 0.350. The van der Waals surface area contributed by atoms with Gasteiger partial charge in [0.05, 0.1) is 18.8 Å². The molecule has 0 unspecified atom stereocenters. The summed E-state index contributed by atoms with van der Waals surface area (Å²) >= 11 is 6.48. The van der Waals surface area contributed by atoms with E-state index in [0.29, 0.717) is 11.3 Å². The van der Waals surface area contributed by atoms with Crippen molar-refractivity contribution in [2.45, 2.75) is 31.2 Å². The zero-order valence-electron chi connectivity index (χ0n) is 15.6. The molecule has 3 N–H and O–H groups in total. The largest absolute Gasteiger partial charge is 0.349 e. The summed E-state index contributed by atoms with van der Waals surface area (Å²) in [5, 5.41) is 9.49. The predicted octanol–water partition coefficient (Wildman–Crippen LogP) is 1.98. The first-order valence-electron chi connectivity index (χ1n) is 9.32. The maximum Gasteiger partial charge on any atom is 0.272 e. The summed E-state index contributed by atoms with van der Waals surface area (Å²) in [5.74, 6) is -0.147. The molecule has 1 aliphatic carbocycles. The van der Waals surface area contributed by atoms with E-state index in [2.05, 4.69) is 20.7 Å². The zero-order valence-corrected chi connectivity index (χ0v) is 16.3. The lowest BCUT2D eigenvalue weighted by atomic mass is 9.62. The molecule has 0 radical (unpaired) electrons. The van der Waals surface area contributed by atoms with Gasteiger partial charge >= 0.3 is 0 Å². The molecule has 0 bridgehead atoms. The highest BCUT2D eigenvalue weighted by molar-refractivity contribution is 6.31. The number of benzene rings is 1. The van der Waals surface area contributed by atoms with Crippen LogP contribution in [-0.2, 0) is 16.8 Å². The Morgan fingerprint density at radius 3 is 2.79 bits per heavy atom. The molecule has 0 aliphatic heterocycles. The Kier molecular flexibility index (Phi) is 4.95. The van der Waals surface area contributed by atoms with Crippen LogP contribution >= 0.6 is 11.6 Å². The molecule has 4 rings (SSSR count). The maximum atomic E-state index is 12.6. The van der Waals surface area contributed by atoms with Gasteiger partial charge in [-0.2, -0.15) is 0 Å². The summed E-state index contributed by atoms with van der Waals surface area (Å²) in [4.78, 5) is 28.7. The van der Waals surface area contributed by atoms with E-state index in [9.17, 15) is 9.59 Å². The van der Waals surface area contributed by atoms with Crippen molar-refractivity contribution in [1.82, 2.24) is 25.2 Å². The van der Waals surface area contributed by atoms with E-state index in [1.165, 1.54) is 10.6 Å². The highest BCUT2D eigenvalue weighted by Crippen LogP contribution is 2.50. The van der Waals surface area contributed by atoms with Crippen LogP contribution in [0.15, 0.2) is 41.2 Å². The number of carbonyl (C=O) groups excluding carboxylic acids is 1. The Labute approximate surface area is 167 Å². The van der Waals surface area contributed by atoms with Gasteiger partial charge in [-0.1, -0.05) is 36.2 Å². The number of hydrogen-bond acceptors (Lipinski definition) is 4. The molecule has 2 heterocycles. The molecule has 1 aromatic carbocycles. The van der Waals surface area contributed by atoms with E-state index in [1.54, 1.807) is 7.05 Å². The number of H-pyrrole nitrogens is 1. The number of aromatic nitrogens is 3. The number of amides is 1. The van der Waals surface area contributed by atoms with Gasteiger partial charge in [-0.15, -0.1) is 0 Å². The fourth-order valence-corrected chi connectivity index (χ4v) is 4.17. The number of nitrogens with zero attached hydrogens (tertiary/aromatic N) is 2. The molecule has 146 valence electrons. The molecular weight excluding hydrogens is 378 g/mol. The second kappa shape index (κ2) is 7.41. The summed E-state index contributed by atoms with van der Waals surface area (Å²) < 4.78 is 1.45. The summed E-state index contributed by atoms with van der Waals surface area (Å²) in [6.07, 6.45) is 3.03. The topological polar surface area (TPSA) is 91.3 Å². The Hall–Kier alpha value is -2.64. The molecule has 7 nitrogen and oxygen atoms in total. The number of likely N-dealkylation sites (N-methyl/N-ethyl adjacent to an activating group) is 1. The molecule has 1 fully saturated rings.